The highest BCUT2D eigenvalue weighted by atomic mass is 35.5. The van der Waals surface area contributed by atoms with Crippen LogP contribution in [0, 0.1) is 0 Å². The summed E-state index contributed by atoms with van der Waals surface area (Å²) in [5.41, 5.74) is 0.325. The summed E-state index contributed by atoms with van der Waals surface area (Å²) in [6.07, 6.45) is 2.40. The third-order valence-corrected chi connectivity index (χ3v) is 2.99. The fraction of sp³-hybridized carbons (Fsp3) is 0.300. The van der Waals surface area contributed by atoms with Crippen molar-refractivity contribution in [3.8, 4) is 0 Å². The molecule has 0 aliphatic rings. The predicted molar refractivity (Wildman–Crippen MR) is 73.7 cm³/mol. The number of aromatic nitrogens is 4. The van der Waals surface area contributed by atoms with Gasteiger partial charge in [0.05, 0.1) is 10.6 Å². The molecule has 0 fully saturated rings. The molecule has 7 nitrogen and oxygen atoms in total. The smallest absolute Gasteiger partial charge is 0.259 e. The lowest BCUT2D eigenvalue weighted by Gasteiger charge is -2.07. The Balaban J connectivity index is 2.15. The van der Waals surface area contributed by atoms with Gasteiger partial charge >= 0.3 is 0 Å². The van der Waals surface area contributed by atoms with Crippen molar-refractivity contribution in [3.63, 3.8) is 0 Å². The molecule has 0 saturated carbocycles. The average Bonchev–Trinajstić information content (AvgIpc) is 2.90. The van der Waals surface area contributed by atoms with E-state index in [1.54, 1.807) is 6.07 Å². The van der Waals surface area contributed by atoms with E-state index in [9.17, 15) is 4.79 Å². The van der Waals surface area contributed by atoms with Crippen LogP contribution in [0.15, 0.2) is 12.3 Å². The van der Waals surface area contributed by atoms with E-state index < -0.39 is 0 Å². The summed E-state index contributed by atoms with van der Waals surface area (Å²) in [4.78, 5) is 16.1. The highest BCUT2D eigenvalue weighted by Crippen LogP contribution is 2.19. The molecule has 0 spiro atoms. The molecule has 2 aromatic heterocycles. The minimum atomic E-state index is -0.370. The van der Waals surface area contributed by atoms with Gasteiger partial charge in [0.15, 0.2) is 0 Å². The standard InChI is InChI=1S/C10H11ClN6OS/c1-2-3-12-8-4-6(7(11)5-13-8)9(18)14-10-15-16-17-19-10/h4-5H,2-3H2,1H3,(H,12,13)(H,14,15,17,18). The molecule has 0 aliphatic carbocycles. The number of hydrogen-bond acceptors (Lipinski definition) is 7. The second-order valence-corrected chi connectivity index (χ2v) is 4.74. The summed E-state index contributed by atoms with van der Waals surface area (Å²) in [6.45, 7) is 2.81. The number of nitrogens with zero attached hydrogens (tertiary/aromatic N) is 4. The minimum absolute atomic E-state index is 0.275. The molecular formula is C10H11ClN6OS. The van der Waals surface area contributed by atoms with Crippen LogP contribution in [0.3, 0.4) is 0 Å². The first kappa shape index (κ1) is 13.6. The quantitative estimate of drug-likeness (QED) is 0.877. The monoisotopic (exact) mass is 298 g/mol. The van der Waals surface area contributed by atoms with Gasteiger partial charge in [0.2, 0.25) is 5.13 Å². The minimum Gasteiger partial charge on any atom is -0.370 e. The average molecular weight is 299 g/mol. The normalized spacial score (nSPS) is 10.2. The van der Waals surface area contributed by atoms with Crippen LogP contribution in [0.25, 0.3) is 0 Å². The predicted octanol–water partition coefficient (Wildman–Crippen LogP) is 2.06. The number of pyridine rings is 1. The maximum absolute atomic E-state index is 12.0. The highest BCUT2D eigenvalue weighted by Gasteiger charge is 2.13. The Hall–Kier alpha value is -1.80. The number of nitrogens with one attached hydrogen (secondary N) is 2. The van der Waals surface area contributed by atoms with E-state index in [0.717, 1.165) is 24.5 Å². The topological polar surface area (TPSA) is 92.7 Å². The van der Waals surface area contributed by atoms with Gasteiger partial charge in [-0.1, -0.05) is 28.1 Å². The van der Waals surface area contributed by atoms with Gasteiger partial charge in [-0.3, -0.25) is 10.1 Å². The summed E-state index contributed by atoms with van der Waals surface area (Å²) in [5, 5.41) is 13.3. The number of carbonyl (C=O) groups excluding carboxylic acids is 1. The molecule has 100 valence electrons. The van der Waals surface area contributed by atoms with Crippen LogP contribution in [0.1, 0.15) is 23.7 Å². The number of carbonyl (C=O) groups is 1. The molecule has 0 radical (unpaired) electrons. The van der Waals surface area contributed by atoms with Crippen LogP contribution >= 0.6 is 23.1 Å². The Morgan fingerprint density at radius 1 is 1.53 bits per heavy atom. The highest BCUT2D eigenvalue weighted by molar-refractivity contribution is 7.09. The third-order valence-electron chi connectivity index (χ3n) is 2.18. The first-order valence-electron chi connectivity index (χ1n) is 5.56. The SMILES string of the molecule is CCCNc1cc(C(=O)Nc2nnns2)c(Cl)cn1. The molecule has 2 heterocycles. The van der Waals surface area contributed by atoms with Crippen molar-refractivity contribution in [2.75, 3.05) is 17.2 Å². The molecule has 0 atom stereocenters. The van der Waals surface area contributed by atoms with Crippen molar-refractivity contribution >= 4 is 40.0 Å². The molecule has 0 saturated heterocycles. The second-order valence-electron chi connectivity index (χ2n) is 3.60. The zero-order chi connectivity index (χ0) is 13.7. The van der Waals surface area contributed by atoms with Crippen molar-refractivity contribution in [1.82, 2.24) is 19.8 Å². The van der Waals surface area contributed by atoms with Gasteiger partial charge in [0.25, 0.3) is 5.91 Å². The first-order valence-corrected chi connectivity index (χ1v) is 6.71. The van der Waals surface area contributed by atoms with Gasteiger partial charge in [0, 0.05) is 24.3 Å². The maximum Gasteiger partial charge on any atom is 0.259 e. The van der Waals surface area contributed by atoms with Crippen molar-refractivity contribution < 1.29 is 4.79 Å². The van der Waals surface area contributed by atoms with Gasteiger partial charge in [0.1, 0.15) is 5.82 Å². The lowest BCUT2D eigenvalue weighted by molar-refractivity contribution is 0.102. The molecule has 0 bridgehead atoms. The van der Waals surface area contributed by atoms with Gasteiger partial charge in [-0.05, 0) is 17.7 Å². The Bertz CT molecular complexity index is 561. The van der Waals surface area contributed by atoms with Gasteiger partial charge < -0.3 is 5.32 Å². The van der Waals surface area contributed by atoms with E-state index in [0.29, 0.717) is 16.5 Å². The fourth-order valence-electron chi connectivity index (χ4n) is 1.31. The van der Waals surface area contributed by atoms with Crippen molar-refractivity contribution in [2.24, 2.45) is 0 Å². The Morgan fingerprint density at radius 3 is 3.05 bits per heavy atom. The third kappa shape index (κ3) is 3.58. The number of halogens is 1. The van der Waals surface area contributed by atoms with Gasteiger partial charge in [-0.2, -0.15) is 0 Å². The second kappa shape index (κ2) is 6.39. The van der Waals surface area contributed by atoms with Crippen molar-refractivity contribution in [3.05, 3.63) is 22.8 Å². The Labute approximate surface area is 118 Å². The lowest BCUT2D eigenvalue weighted by atomic mass is 10.2. The molecule has 0 unspecified atom stereocenters. The zero-order valence-electron chi connectivity index (χ0n) is 10.1. The van der Waals surface area contributed by atoms with Gasteiger partial charge in [-0.25, -0.2) is 4.98 Å². The van der Waals surface area contributed by atoms with Crippen LogP contribution < -0.4 is 10.6 Å². The lowest BCUT2D eigenvalue weighted by Crippen LogP contribution is -2.13. The summed E-state index contributed by atoms with van der Waals surface area (Å²) in [7, 11) is 0. The molecule has 2 N–H and O–H groups in total. The fourth-order valence-corrected chi connectivity index (χ4v) is 1.86. The molecule has 1 amide bonds. The largest absolute Gasteiger partial charge is 0.370 e. The van der Waals surface area contributed by atoms with Crippen LogP contribution in [-0.2, 0) is 0 Å². The van der Waals surface area contributed by atoms with Gasteiger partial charge in [-0.15, -0.1) is 0 Å². The number of anilines is 2. The van der Waals surface area contributed by atoms with E-state index in [-0.39, 0.29) is 10.9 Å². The van der Waals surface area contributed by atoms with Crippen LogP contribution in [-0.4, -0.2) is 32.2 Å². The molecule has 2 rings (SSSR count). The Kier molecular flexibility index (Phi) is 4.58. The molecule has 9 heteroatoms. The molecule has 19 heavy (non-hydrogen) atoms. The number of rotatable bonds is 5. The summed E-state index contributed by atoms with van der Waals surface area (Å²) in [6, 6.07) is 1.60. The van der Waals surface area contributed by atoms with E-state index >= 15 is 0 Å². The van der Waals surface area contributed by atoms with Crippen LogP contribution in [0.2, 0.25) is 5.02 Å². The van der Waals surface area contributed by atoms with Crippen LogP contribution in [0.4, 0.5) is 10.9 Å². The van der Waals surface area contributed by atoms with Crippen molar-refractivity contribution in [1.29, 1.82) is 0 Å². The summed E-state index contributed by atoms with van der Waals surface area (Å²) in [5.74, 6) is 0.234. The summed E-state index contributed by atoms with van der Waals surface area (Å²) >= 11 is 6.96. The van der Waals surface area contributed by atoms with Crippen molar-refractivity contribution in [2.45, 2.75) is 13.3 Å². The molecular weight excluding hydrogens is 288 g/mol. The summed E-state index contributed by atoms with van der Waals surface area (Å²) < 4.78 is 3.56. The first-order chi connectivity index (χ1) is 9.20. The zero-order valence-corrected chi connectivity index (χ0v) is 11.6. The Morgan fingerprint density at radius 2 is 2.37 bits per heavy atom. The molecule has 0 aromatic carbocycles. The number of hydrogen-bond donors (Lipinski definition) is 2. The molecule has 2 aromatic rings. The van der Waals surface area contributed by atoms with Crippen LogP contribution in [0.5, 0.6) is 0 Å². The maximum atomic E-state index is 12.0. The van der Waals surface area contributed by atoms with E-state index in [4.69, 9.17) is 11.6 Å². The number of amides is 1. The van der Waals surface area contributed by atoms with E-state index in [2.05, 4.69) is 30.4 Å². The van der Waals surface area contributed by atoms with E-state index in [1.165, 1.54) is 6.20 Å². The van der Waals surface area contributed by atoms with E-state index in [1.807, 2.05) is 6.92 Å². The molecule has 0 aliphatic heterocycles.